The van der Waals surface area contributed by atoms with Gasteiger partial charge in [0.15, 0.2) is 0 Å². The second-order valence-corrected chi connectivity index (χ2v) is 6.62. The Morgan fingerprint density at radius 3 is 2.29 bits per heavy atom. The summed E-state index contributed by atoms with van der Waals surface area (Å²) < 4.78 is 29.1. The SMILES string of the molecule is Cl.Fc1ccc(CNCc2cn(Cc3ccccc3)c3ccccc23)c(F)c1. The first-order valence-corrected chi connectivity index (χ1v) is 8.96. The maximum Gasteiger partial charge on any atom is 0.130 e. The van der Waals surface area contributed by atoms with E-state index in [4.69, 9.17) is 0 Å². The maximum absolute atomic E-state index is 13.8. The lowest BCUT2D eigenvalue weighted by Gasteiger charge is -2.06. The fraction of sp³-hybridized carbons (Fsp3) is 0.130. The predicted octanol–water partition coefficient (Wildman–Crippen LogP) is 5.68. The van der Waals surface area contributed by atoms with Crippen LogP contribution in [0.2, 0.25) is 0 Å². The smallest absolute Gasteiger partial charge is 0.130 e. The molecule has 4 aromatic rings. The molecule has 0 bridgehead atoms. The molecule has 1 N–H and O–H groups in total. The minimum Gasteiger partial charge on any atom is -0.343 e. The molecule has 0 aliphatic carbocycles. The van der Waals surface area contributed by atoms with Crippen LogP contribution in [-0.2, 0) is 19.6 Å². The largest absolute Gasteiger partial charge is 0.343 e. The van der Waals surface area contributed by atoms with Crippen molar-refractivity contribution in [1.82, 2.24) is 9.88 Å². The van der Waals surface area contributed by atoms with Crippen LogP contribution in [-0.4, -0.2) is 4.57 Å². The Morgan fingerprint density at radius 2 is 1.50 bits per heavy atom. The van der Waals surface area contributed by atoms with Gasteiger partial charge in [0.1, 0.15) is 11.6 Å². The molecule has 0 fully saturated rings. The van der Waals surface area contributed by atoms with E-state index in [0.29, 0.717) is 18.7 Å². The van der Waals surface area contributed by atoms with E-state index >= 15 is 0 Å². The molecule has 0 aliphatic heterocycles. The molecule has 0 saturated carbocycles. The highest BCUT2D eigenvalue weighted by atomic mass is 35.5. The fourth-order valence-corrected chi connectivity index (χ4v) is 3.37. The summed E-state index contributed by atoms with van der Waals surface area (Å²) in [4.78, 5) is 0. The highest BCUT2D eigenvalue weighted by Crippen LogP contribution is 2.22. The van der Waals surface area contributed by atoms with Gasteiger partial charge in [0.25, 0.3) is 0 Å². The zero-order valence-corrected chi connectivity index (χ0v) is 16.1. The first kappa shape index (κ1) is 20.1. The number of nitrogens with one attached hydrogen (secondary N) is 1. The standard InChI is InChI=1S/C23H20F2N2.ClH/c24-20-11-10-18(22(25)12-20)13-26-14-19-16-27(15-17-6-2-1-3-7-17)23-9-5-4-8-21(19)23;/h1-12,16,26H,13-15H2;1H. The van der Waals surface area contributed by atoms with Gasteiger partial charge in [-0.2, -0.15) is 0 Å². The van der Waals surface area contributed by atoms with Crippen LogP contribution in [0.4, 0.5) is 8.78 Å². The highest BCUT2D eigenvalue weighted by Gasteiger charge is 2.09. The summed E-state index contributed by atoms with van der Waals surface area (Å²) in [6.45, 7) is 1.76. The average molecular weight is 399 g/mol. The third-order valence-corrected chi connectivity index (χ3v) is 4.71. The first-order valence-electron chi connectivity index (χ1n) is 8.96. The van der Waals surface area contributed by atoms with Gasteiger partial charge in [0.05, 0.1) is 0 Å². The van der Waals surface area contributed by atoms with E-state index in [1.165, 1.54) is 28.6 Å². The molecule has 1 aromatic heterocycles. The molecule has 0 saturated heterocycles. The topological polar surface area (TPSA) is 17.0 Å². The van der Waals surface area contributed by atoms with Crippen LogP contribution in [0.25, 0.3) is 10.9 Å². The van der Waals surface area contributed by atoms with Gasteiger partial charge in [-0.1, -0.05) is 54.6 Å². The van der Waals surface area contributed by atoms with Gasteiger partial charge in [-0.05, 0) is 23.3 Å². The Morgan fingerprint density at radius 1 is 0.786 bits per heavy atom. The Balaban J connectivity index is 0.00000225. The Labute approximate surface area is 169 Å². The molecule has 4 rings (SSSR count). The van der Waals surface area contributed by atoms with Crippen LogP contribution in [0.3, 0.4) is 0 Å². The van der Waals surface area contributed by atoms with Crippen molar-refractivity contribution in [3.05, 3.63) is 107 Å². The van der Waals surface area contributed by atoms with Crippen LogP contribution in [0.15, 0.2) is 79.0 Å². The molecule has 144 valence electrons. The monoisotopic (exact) mass is 398 g/mol. The van der Waals surface area contributed by atoms with E-state index in [-0.39, 0.29) is 12.4 Å². The van der Waals surface area contributed by atoms with Gasteiger partial charge in [-0.25, -0.2) is 8.78 Å². The van der Waals surface area contributed by atoms with Crippen molar-refractivity contribution in [2.24, 2.45) is 0 Å². The minimum atomic E-state index is -0.555. The molecular weight excluding hydrogens is 378 g/mol. The second kappa shape index (κ2) is 9.00. The molecule has 2 nitrogen and oxygen atoms in total. The number of benzene rings is 3. The third-order valence-electron chi connectivity index (χ3n) is 4.71. The summed E-state index contributed by atoms with van der Waals surface area (Å²) >= 11 is 0. The van der Waals surface area contributed by atoms with Gasteiger partial charge in [-0.3, -0.25) is 0 Å². The van der Waals surface area contributed by atoms with E-state index in [2.05, 4.69) is 40.3 Å². The van der Waals surface area contributed by atoms with Gasteiger partial charge in [0, 0.05) is 48.4 Å². The quantitative estimate of drug-likeness (QED) is 0.442. The fourth-order valence-electron chi connectivity index (χ4n) is 3.37. The van der Waals surface area contributed by atoms with Crippen molar-refractivity contribution < 1.29 is 8.78 Å². The van der Waals surface area contributed by atoms with Gasteiger partial charge in [-0.15, -0.1) is 12.4 Å². The van der Waals surface area contributed by atoms with Crippen LogP contribution in [0, 0.1) is 11.6 Å². The number of para-hydroxylation sites is 1. The summed E-state index contributed by atoms with van der Waals surface area (Å²) in [5.41, 5.74) is 4.03. The number of nitrogens with zero attached hydrogens (tertiary/aromatic N) is 1. The molecule has 0 unspecified atom stereocenters. The maximum atomic E-state index is 13.8. The van der Waals surface area contributed by atoms with Gasteiger partial charge >= 0.3 is 0 Å². The number of hydrogen-bond donors (Lipinski definition) is 1. The summed E-state index contributed by atoms with van der Waals surface area (Å²) in [6.07, 6.45) is 2.14. The Bertz CT molecular complexity index is 1060. The molecule has 5 heteroatoms. The normalized spacial score (nSPS) is 10.8. The summed E-state index contributed by atoms with van der Waals surface area (Å²) in [7, 11) is 0. The molecular formula is C23H21ClF2N2. The van der Waals surface area contributed by atoms with E-state index in [9.17, 15) is 8.78 Å². The van der Waals surface area contributed by atoms with Crippen LogP contribution < -0.4 is 5.32 Å². The zero-order valence-electron chi connectivity index (χ0n) is 15.2. The average Bonchev–Trinajstić information content (AvgIpc) is 3.02. The lowest BCUT2D eigenvalue weighted by atomic mass is 10.1. The Kier molecular flexibility index (Phi) is 6.45. The molecule has 3 aromatic carbocycles. The second-order valence-electron chi connectivity index (χ2n) is 6.62. The zero-order chi connectivity index (χ0) is 18.6. The number of rotatable bonds is 6. The first-order chi connectivity index (χ1) is 13.2. The van der Waals surface area contributed by atoms with E-state index in [1.807, 2.05) is 30.3 Å². The molecule has 0 spiro atoms. The molecule has 0 radical (unpaired) electrons. The van der Waals surface area contributed by atoms with E-state index in [1.54, 1.807) is 0 Å². The van der Waals surface area contributed by atoms with Crippen molar-refractivity contribution in [3.63, 3.8) is 0 Å². The number of fused-ring (bicyclic) bond motifs is 1. The molecule has 0 amide bonds. The lowest BCUT2D eigenvalue weighted by Crippen LogP contribution is -2.13. The third kappa shape index (κ3) is 4.41. The van der Waals surface area contributed by atoms with Crippen LogP contribution in [0.1, 0.15) is 16.7 Å². The highest BCUT2D eigenvalue weighted by molar-refractivity contribution is 5.85. The predicted molar refractivity (Wildman–Crippen MR) is 112 cm³/mol. The summed E-state index contributed by atoms with van der Waals surface area (Å²) in [5, 5.41) is 4.45. The van der Waals surface area contributed by atoms with Crippen molar-refractivity contribution in [2.45, 2.75) is 19.6 Å². The van der Waals surface area contributed by atoms with Crippen molar-refractivity contribution in [1.29, 1.82) is 0 Å². The van der Waals surface area contributed by atoms with Crippen molar-refractivity contribution in [2.75, 3.05) is 0 Å². The number of hydrogen-bond acceptors (Lipinski definition) is 1. The van der Waals surface area contributed by atoms with Crippen LogP contribution >= 0.6 is 12.4 Å². The number of aromatic nitrogens is 1. The summed E-state index contributed by atoms with van der Waals surface area (Å²) in [5.74, 6) is -1.07. The van der Waals surface area contributed by atoms with E-state index < -0.39 is 11.6 Å². The van der Waals surface area contributed by atoms with Crippen molar-refractivity contribution >= 4 is 23.3 Å². The molecule has 0 atom stereocenters. The minimum absolute atomic E-state index is 0. The lowest BCUT2D eigenvalue weighted by molar-refractivity contribution is 0.560. The van der Waals surface area contributed by atoms with Crippen molar-refractivity contribution in [3.8, 4) is 0 Å². The van der Waals surface area contributed by atoms with Crippen LogP contribution in [0.5, 0.6) is 0 Å². The molecule has 0 aliphatic rings. The van der Waals surface area contributed by atoms with Gasteiger partial charge < -0.3 is 9.88 Å². The number of halogens is 3. The summed E-state index contributed by atoms with van der Waals surface area (Å²) in [6, 6.07) is 22.3. The molecule has 28 heavy (non-hydrogen) atoms. The molecule has 1 heterocycles. The Hall–Kier alpha value is -2.69. The van der Waals surface area contributed by atoms with Gasteiger partial charge in [0.2, 0.25) is 0 Å². The van der Waals surface area contributed by atoms with E-state index in [0.717, 1.165) is 18.2 Å².